The molecule has 0 saturated carbocycles. The molecule has 0 N–H and O–H groups in total. The molecule has 0 atom stereocenters. The first-order valence-electron chi connectivity index (χ1n) is 6.30. The van der Waals surface area contributed by atoms with E-state index in [0.29, 0.717) is 17.3 Å². The molecule has 2 aromatic heterocycles. The average Bonchev–Trinajstić information content (AvgIpc) is 2.79. The number of benzene rings is 1. The molecule has 20 heavy (non-hydrogen) atoms. The van der Waals surface area contributed by atoms with Crippen LogP contribution in [0.5, 0.6) is 5.75 Å². The number of ether oxygens (including phenoxy) is 1. The predicted octanol–water partition coefficient (Wildman–Crippen LogP) is 2.95. The molecular formula is C15H14N2O2S. The second kappa shape index (κ2) is 5.09. The van der Waals surface area contributed by atoms with Gasteiger partial charge >= 0.3 is 0 Å². The molecule has 3 rings (SSSR count). The largest absolute Gasteiger partial charge is 0.487 e. The molecular weight excluding hydrogens is 272 g/mol. The molecule has 0 aliphatic rings. The van der Waals surface area contributed by atoms with Gasteiger partial charge < -0.3 is 4.74 Å². The molecule has 0 radical (unpaired) electrons. The van der Waals surface area contributed by atoms with E-state index < -0.39 is 0 Å². The molecule has 3 aromatic rings. The van der Waals surface area contributed by atoms with Gasteiger partial charge in [-0.1, -0.05) is 17.7 Å². The highest BCUT2D eigenvalue weighted by Gasteiger charge is 2.06. The van der Waals surface area contributed by atoms with E-state index in [1.807, 2.05) is 38.1 Å². The number of rotatable bonds is 3. The average molecular weight is 286 g/mol. The number of fused-ring (bicyclic) bond motifs is 1. The second-order valence-electron chi connectivity index (χ2n) is 4.68. The molecule has 0 amide bonds. The third-order valence-corrected chi connectivity index (χ3v) is 3.84. The summed E-state index contributed by atoms with van der Waals surface area (Å²) < 4.78 is 7.22. The van der Waals surface area contributed by atoms with E-state index in [4.69, 9.17) is 4.74 Å². The summed E-state index contributed by atoms with van der Waals surface area (Å²) in [5, 5.41) is 0. The summed E-state index contributed by atoms with van der Waals surface area (Å²) in [6.45, 7) is 4.28. The number of hydrogen-bond donors (Lipinski definition) is 0. The minimum atomic E-state index is -0.0677. The van der Waals surface area contributed by atoms with E-state index in [2.05, 4.69) is 4.98 Å². The smallest absolute Gasteiger partial charge is 0.258 e. The van der Waals surface area contributed by atoms with Crippen molar-refractivity contribution in [2.45, 2.75) is 20.5 Å². The molecule has 0 unspecified atom stereocenters. The SMILES string of the molecule is Cc1ccc(OCc2cc(=O)n3cc(C)sc3n2)cc1. The molecule has 5 heteroatoms. The van der Waals surface area contributed by atoms with Gasteiger partial charge in [0.05, 0.1) is 5.69 Å². The van der Waals surface area contributed by atoms with E-state index in [0.717, 1.165) is 10.6 Å². The van der Waals surface area contributed by atoms with Gasteiger partial charge in [-0.25, -0.2) is 4.98 Å². The topological polar surface area (TPSA) is 43.6 Å². The maximum absolute atomic E-state index is 11.9. The van der Waals surface area contributed by atoms with Crippen molar-refractivity contribution in [3.05, 3.63) is 63.0 Å². The Morgan fingerprint density at radius 1 is 1.25 bits per heavy atom. The van der Waals surface area contributed by atoms with E-state index in [1.54, 1.807) is 10.6 Å². The molecule has 0 saturated heterocycles. The summed E-state index contributed by atoms with van der Waals surface area (Å²) in [6.07, 6.45) is 1.81. The van der Waals surface area contributed by atoms with E-state index in [-0.39, 0.29) is 5.56 Å². The zero-order valence-corrected chi connectivity index (χ0v) is 12.1. The summed E-state index contributed by atoms with van der Waals surface area (Å²) in [5.74, 6) is 0.778. The van der Waals surface area contributed by atoms with Crippen LogP contribution < -0.4 is 10.3 Å². The standard InChI is InChI=1S/C15H14N2O2S/c1-10-3-5-13(6-4-10)19-9-12-7-14(18)17-8-11(2)20-15(17)16-12/h3-8H,9H2,1-2H3. The van der Waals surface area contributed by atoms with Crippen LogP contribution in [0.25, 0.3) is 4.96 Å². The summed E-state index contributed by atoms with van der Waals surface area (Å²) in [6, 6.07) is 9.33. The maximum Gasteiger partial charge on any atom is 0.258 e. The Morgan fingerprint density at radius 3 is 2.75 bits per heavy atom. The van der Waals surface area contributed by atoms with Crippen LogP contribution in [0.3, 0.4) is 0 Å². The van der Waals surface area contributed by atoms with Crippen molar-refractivity contribution >= 4 is 16.3 Å². The predicted molar refractivity (Wildman–Crippen MR) is 79.6 cm³/mol. The van der Waals surface area contributed by atoms with E-state index in [9.17, 15) is 4.79 Å². The maximum atomic E-state index is 11.9. The van der Waals surface area contributed by atoms with Crippen LogP contribution in [0.15, 0.2) is 41.3 Å². The van der Waals surface area contributed by atoms with Crippen LogP contribution in [-0.4, -0.2) is 9.38 Å². The van der Waals surface area contributed by atoms with Gasteiger partial charge in [0.2, 0.25) is 0 Å². The second-order valence-corrected chi connectivity index (χ2v) is 5.90. The van der Waals surface area contributed by atoms with Crippen LogP contribution in [0.2, 0.25) is 0 Å². The van der Waals surface area contributed by atoms with Crippen LogP contribution in [0.1, 0.15) is 16.1 Å². The Bertz CT molecular complexity index is 803. The summed E-state index contributed by atoms with van der Waals surface area (Å²) in [7, 11) is 0. The summed E-state index contributed by atoms with van der Waals surface area (Å²) >= 11 is 1.50. The Hall–Kier alpha value is -2.14. The fourth-order valence-electron chi connectivity index (χ4n) is 1.92. The number of aryl methyl sites for hydroxylation is 2. The van der Waals surface area contributed by atoms with Gasteiger partial charge in [0.1, 0.15) is 12.4 Å². The van der Waals surface area contributed by atoms with Gasteiger partial charge in [-0.15, -0.1) is 11.3 Å². The Balaban J connectivity index is 1.84. The normalized spacial score (nSPS) is 10.9. The van der Waals surface area contributed by atoms with Crippen molar-refractivity contribution in [2.75, 3.05) is 0 Å². The third kappa shape index (κ3) is 2.58. The van der Waals surface area contributed by atoms with Gasteiger partial charge in [-0.05, 0) is 26.0 Å². The quantitative estimate of drug-likeness (QED) is 0.743. The van der Waals surface area contributed by atoms with Gasteiger partial charge in [-0.2, -0.15) is 0 Å². The summed E-state index contributed by atoms with van der Waals surface area (Å²) in [5.41, 5.74) is 1.77. The van der Waals surface area contributed by atoms with Crippen LogP contribution in [0.4, 0.5) is 0 Å². The van der Waals surface area contributed by atoms with Crippen molar-refractivity contribution in [1.82, 2.24) is 9.38 Å². The van der Waals surface area contributed by atoms with Crippen molar-refractivity contribution in [1.29, 1.82) is 0 Å². The highest BCUT2D eigenvalue weighted by molar-refractivity contribution is 7.16. The lowest BCUT2D eigenvalue weighted by atomic mass is 10.2. The zero-order valence-electron chi connectivity index (χ0n) is 11.3. The number of aromatic nitrogens is 2. The van der Waals surface area contributed by atoms with Gasteiger partial charge in [0.25, 0.3) is 5.56 Å². The van der Waals surface area contributed by atoms with Crippen LogP contribution in [0, 0.1) is 13.8 Å². The first kappa shape index (κ1) is 12.9. The van der Waals surface area contributed by atoms with Gasteiger partial charge in [-0.3, -0.25) is 9.20 Å². The fraction of sp³-hybridized carbons (Fsp3) is 0.200. The number of hydrogen-bond acceptors (Lipinski definition) is 4. The van der Waals surface area contributed by atoms with Gasteiger partial charge in [0, 0.05) is 17.1 Å². The minimum absolute atomic E-state index is 0.0677. The van der Waals surface area contributed by atoms with E-state index in [1.165, 1.54) is 23.0 Å². The van der Waals surface area contributed by atoms with Crippen LogP contribution >= 0.6 is 11.3 Å². The first-order valence-corrected chi connectivity index (χ1v) is 7.12. The monoisotopic (exact) mass is 286 g/mol. The zero-order chi connectivity index (χ0) is 14.1. The third-order valence-electron chi connectivity index (χ3n) is 2.94. The molecule has 0 bridgehead atoms. The Kier molecular flexibility index (Phi) is 3.28. The van der Waals surface area contributed by atoms with Crippen molar-refractivity contribution in [3.8, 4) is 5.75 Å². The first-order chi connectivity index (χ1) is 9.61. The lowest BCUT2D eigenvalue weighted by Gasteiger charge is -2.05. The van der Waals surface area contributed by atoms with Crippen molar-refractivity contribution < 1.29 is 4.74 Å². The van der Waals surface area contributed by atoms with E-state index >= 15 is 0 Å². The lowest BCUT2D eigenvalue weighted by molar-refractivity contribution is 0.301. The number of thiazole rings is 1. The highest BCUT2D eigenvalue weighted by Crippen LogP contribution is 2.15. The molecule has 1 aromatic carbocycles. The Labute approximate surface area is 120 Å². The Morgan fingerprint density at radius 2 is 2.00 bits per heavy atom. The summed E-state index contributed by atoms with van der Waals surface area (Å²) in [4.78, 5) is 18.2. The molecule has 0 aliphatic heterocycles. The number of nitrogens with zero attached hydrogens (tertiary/aromatic N) is 2. The molecule has 0 spiro atoms. The van der Waals surface area contributed by atoms with Crippen LogP contribution in [-0.2, 0) is 6.61 Å². The van der Waals surface area contributed by atoms with Gasteiger partial charge in [0.15, 0.2) is 4.96 Å². The lowest BCUT2D eigenvalue weighted by Crippen LogP contribution is -2.14. The molecule has 0 fully saturated rings. The van der Waals surface area contributed by atoms with Crippen molar-refractivity contribution in [3.63, 3.8) is 0 Å². The van der Waals surface area contributed by atoms with Crippen molar-refractivity contribution in [2.24, 2.45) is 0 Å². The fourth-order valence-corrected chi connectivity index (χ4v) is 2.77. The highest BCUT2D eigenvalue weighted by atomic mass is 32.1. The molecule has 102 valence electrons. The molecule has 4 nitrogen and oxygen atoms in total. The molecule has 0 aliphatic carbocycles. The molecule has 2 heterocycles. The minimum Gasteiger partial charge on any atom is -0.487 e.